The Morgan fingerprint density at radius 2 is 2.04 bits per heavy atom. The highest BCUT2D eigenvalue weighted by Gasteiger charge is 2.15. The highest BCUT2D eigenvalue weighted by Crippen LogP contribution is 2.21. The molecule has 0 fully saturated rings. The quantitative estimate of drug-likeness (QED) is 0.701. The maximum absolute atomic E-state index is 12.1. The molecule has 23 heavy (non-hydrogen) atoms. The predicted octanol–water partition coefficient (Wildman–Crippen LogP) is 3.80. The minimum atomic E-state index is -0.471. The largest absolute Gasteiger partial charge is 0.456 e. The molecule has 0 aliphatic heterocycles. The summed E-state index contributed by atoms with van der Waals surface area (Å²) in [5.41, 5.74) is 3.40. The first-order valence-electron chi connectivity index (χ1n) is 6.95. The molecule has 0 amide bonds. The van der Waals surface area contributed by atoms with Crippen LogP contribution in [0.15, 0.2) is 39.3 Å². The summed E-state index contributed by atoms with van der Waals surface area (Å²) in [6.45, 7) is 3.71. The van der Waals surface area contributed by atoms with Crippen molar-refractivity contribution < 1.29 is 14.1 Å². The van der Waals surface area contributed by atoms with Crippen LogP contribution in [0.1, 0.15) is 27.5 Å². The van der Waals surface area contributed by atoms with Gasteiger partial charge in [-0.1, -0.05) is 33.2 Å². The Hall–Kier alpha value is -2.41. The monoisotopic (exact) mass is 375 g/mol. The topological polar surface area (TPSA) is 81.0 Å². The van der Waals surface area contributed by atoms with Gasteiger partial charge >= 0.3 is 5.97 Å². The van der Waals surface area contributed by atoms with Gasteiger partial charge in [-0.15, -0.1) is 0 Å². The molecule has 0 saturated carbocycles. The number of rotatable bonds is 4. The molecule has 1 aromatic carbocycles. The Morgan fingerprint density at radius 3 is 2.70 bits per heavy atom. The van der Waals surface area contributed by atoms with E-state index in [1.54, 1.807) is 13.0 Å². The fourth-order valence-electron chi connectivity index (χ4n) is 2.12. The molecule has 0 radical (unpaired) electrons. The van der Waals surface area contributed by atoms with Crippen LogP contribution in [0.2, 0.25) is 0 Å². The summed E-state index contributed by atoms with van der Waals surface area (Å²) >= 11 is 3.38. The third kappa shape index (κ3) is 3.34. The number of benzene rings is 1. The van der Waals surface area contributed by atoms with Crippen LogP contribution in [0.5, 0.6) is 0 Å². The van der Waals surface area contributed by atoms with Crippen LogP contribution in [0.3, 0.4) is 0 Å². The molecule has 2 heterocycles. The van der Waals surface area contributed by atoms with Gasteiger partial charge < -0.3 is 9.26 Å². The molecular formula is C16H14BrN3O3. The van der Waals surface area contributed by atoms with E-state index in [-0.39, 0.29) is 6.61 Å². The van der Waals surface area contributed by atoms with Gasteiger partial charge in [-0.2, -0.15) is 5.10 Å². The summed E-state index contributed by atoms with van der Waals surface area (Å²) in [7, 11) is 0. The molecule has 0 saturated heterocycles. The lowest BCUT2D eigenvalue weighted by atomic mass is 10.1. The summed E-state index contributed by atoms with van der Waals surface area (Å²) in [4.78, 5) is 12.1. The highest BCUT2D eigenvalue weighted by molar-refractivity contribution is 9.10. The van der Waals surface area contributed by atoms with Crippen LogP contribution in [0, 0.1) is 13.8 Å². The van der Waals surface area contributed by atoms with Crippen molar-refractivity contribution in [2.75, 3.05) is 0 Å². The molecule has 2 aromatic heterocycles. The number of nitrogens with zero attached hydrogens (tertiary/aromatic N) is 2. The minimum absolute atomic E-state index is 0.118. The zero-order valence-electron chi connectivity index (χ0n) is 12.6. The molecule has 0 spiro atoms. The van der Waals surface area contributed by atoms with Crippen LogP contribution >= 0.6 is 15.9 Å². The van der Waals surface area contributed by atoms with E-state index in [1.807, 2.05) is 31.2 Å². The van der Waals surface area contributed by atoms with E-state index < -0.39 is 5.97 Å². The molecule has 0 aliphatic carbocycles. The molecule has 3 aromatic rings. The second-order valence-corrected chi connectivity index (χ2v) is 5.97. The van der Waals surface area contributed by atoms with Gasteiger partial charge in [0.2, 0.25) is 0 Å². The molecule has 0 aliphatic rings. The van der Waals surface area contributed by atoms with Crippen molar-refractivity contribution in [1.29, 1.82) is 0 Å². The molecule has 7 heteroatoms. The standard InChI is InChI=1S/C16H14BrN3O3/c1-9-13(10(2)23-20-9)8-22-16(21)15-7-14(18-19-15)11-3-5-12(17)6-4-11/h3-7H,8H2,1-2H3,(H,18,19). The lowest BCUT2D eigenvalue weighted by Gasteiger charge is -2.02. The summed E-state index contributed by atoms with van der Waals surface area (Å²) in [5, 5.41) is 10.7. The number of halogens is 1. The van der Waals surface area contributed by atoms with Crippen molar-refractivity contribution in [3.63, 3.8) is 0 Å². The van der Waals surface area contributed by atoms with E-state index in [0.717, 1.165) is 21.3 Å². The Morgan fingerprint density at radius 1 is 1.30 bits per heavy atom. The number of nitrogens with one attached hydrogen (secondary N) is 1. The normalized spacial score (nSPS) is 10.7. The maximum Gasteiger partial charge on any atom is 0.356 e. The number of hydrogen-bond acceptors (Lipinski definition) is 5. The van der Waals surface area contributed by atoms with Crippen molar-refractivity contribution >= 4 is 21.9 Å². The number of aromatic amines is 1. The molecule has 0 unspecified atom stereocenters. The predicted molar refractivity (Wildman–Crippen MR) is 86.8 cm³/mol. The fraction of sp³-hybridized carbons (Fsp3) is 0.188. The third-order valence-electron chi connectivity index (χ3n) is 3.47. The Bertz CT molecular complexity index is 817. The highest BCUT2D eigenvalue weighted by atomic mass is 79.9. The SMILES string of the molecule is Cc1noc(C)c1COC(=O)c1cc(-c2ccc(Br)cc2)n[nH]1. The first-order valence-corrected chi connectivity index (χ1v) is 7.74. The number of aromatic nitrogens is 3. The summed E-state index contributed by atoms with van der Waals surface area (Å²) < 4.78 is 11.3. The van der Waals surface area contributed by atoms with E-state index in [0.29, 0.717) is 17.1 Å². The average Bonchev–Trinajstić information content (AvgIpc) is 3.14. The molecule has 1 N–H and O–H groups in total. The van der Waals surface area contributed by atoms with E-state index in [4.69, 9.17) is 9.26 Å². The number of carbonyl (C=O) groups is 1. The van der Waals surface area contributed by atoms with Crippen LogP contribution in [-0.4, -0.2) is 21.3 Å². The average molecular weight is 376 g/mol. The van der Waals surface area contributed by atoms with E-state index >= 15 is 0 Å². The zero-order chi connectivity index (χ0) is 16.4. The van der Waals surface area contributed by atoms with Crippen molar-refractivity contribution in [3.8, 4) is 11.3 Å². The fourth-order valence-corrected chi connectivity index (χ4v) is 2.38. The maximum atomic E-state index is 12.1. The first kappa shape index (κ1) is 15.5. The Kier molecular flexibility index (Phi) is 4.29. The lowest BCUT2D eigenvalue weighted by molar-refractivity contribution is 0.0464. The van der Waals surface area contributed by atoms with Gasteiger partial charge in [0.05, 0.1) is 17.0 Å². The van der Waals surface area contributed by atoms with Gasteiger partial charge in [-0.25, -0.2) is 4.79 Å². The number of carbonyl (C=O) groups excluding carboxylic acids is 1. The number of H-pyrrole nitrogens is 1. The van der Waals surface area contributed by atoms with Crippen LogP contribution in [0.4, 0.5) is 0 Å². The zero-order valence-corrected chi connectivity index (χ0v) is 14.2. The van der Waals surface area contributed by atoms with Crippen molar-refractivity contribution in [2.45, 2.75) is 20.5 Å². The van der Waals surface area contributed by atoms with E-state index in [2.05, 4.69) is 31.3 Å². The molecular weight excluding hydrogens is 362 g/mol. The van der Waals surface area contributed by atoms with Gasteiger partial charge in [0.15, 0.2) is 0 Å². The van der Waals surface area contributed by atoms with Crippen molar-refractivity contribution in [3.05, 3.63) is 57.5 Å². The number of hydrogen-bond donors (Lipinski definition) is 1. The van der Waals surface area contributed by atoms with Gasteiger partial charge in [-0.3, -0.25) is 5.10 Å². The van der Waals surface area contributed by atoms with Gasteiger partial charge in [0.1, 0.15) is 18.1 Å². The van der Waals surface area contributed by atoms with Gasteiger partial charge in [0, 0.05) is 10.0 Å². The summed E-state index contributed by atoms with van der Waals surface area (Å²) in [5.74, 6) is 0.177. The Balaban J connectivity index is 1.70. The molecule has 3 rings (SSSR count). The first-order chi connectivity index (χ1) is 11.0. The molecule has 0 bridgehead atoms. The second-order valence-electron chi connectivity index (χ2n) is 5.05. The molecule has 0 atom stereocenters. The van der Waals surface area contributed by atoms with Gasteiger partial charge in [-0.05, 0) is 32.0 Å². The van der Waals surface area contributed by atoms with Crippen LogP contribution < -0.4 is 0 Å². The minimum Gasteiger partial charge on any atom is -0.456 e. The number of esters is 1. The third-order valence-corrected chi connectivity index (χ3v) is 4.00. The molecule has 118 valence electrons. The smallest absolute Gasteiger partial charge is 0.356 e. The van der Waals surface area contributed by atoms with E-state index in [1.165, 1.54) is 0 Å². The second kappa shape index (κ2) is 6.37. The van der Waals surface area contributed by atoms with E-state index in [9.17, 15) is 4.79 Å². The number of ether oxygens (including phenoxy) is 1. The number of aryl methyl sites for hydroxylation is 2. The molecule has 6 nitrogen and oxygen atoms in total. The lowest BCUT2D eigenvalue weighted by Crippen LogP contribution is -2.06. The van der Waals surface area contributed by atoms with Gasteiger partial charge in [0.25, 0.3) is 0 Å². The van der Waals surface area contributed by atoms with Crippen LogP contribution in [0.25, 0.3) is 11.3 Å². The van der Waals surface area contributed by atoms with Crippen molar-refractivity contribution in [2.24, 2.45) is 0 Å². The summed E-state index contributed by atoms with van der Waals surface area (Å²) in [6.07, 6.45) is 0. The summed E-state index contributed by atoms with van der Waals surface area (Å²) in [6, 6.07) is 9.33. The van der Waals surface area contributed by atoms with Crippen molar-refractivity contribution in [1.82, 2.24) is 15.4 Å². The Labute approximate surface area is 141 Å². The van der Waals surface area contributed by atoms with Crippen LogP contribution in [-0.2, 0) is 11.3 Å².